The summed E-state index contributed by atoms with van der Waals surface area (Å²) < 4.78 is 4.42. The Morgan fingerprint density at radius 1 is 0.433 bits per heavy atom. The van der Waals surface area contributed by atoms with Crippen LogP contribution in [0.4, 0.5) is 0 Å². The van der Waals surface area contributed by atoms with E-state index in [1.807, 2.05) is 48.5 Å². The lowest BCUT2D eigenvalue weighted by molar-refractivity contribution is 0.0979. The molecule has 1 aliphatic rings. The number of carbonyl (C=O) groups excluding carboxylic acids is 2. The molecule has 7 rings (SSSR count). The molecule has 2 aromatic heterocycles. The van der Waals surface area contributed by atoms with Crippen molar-refractivity contribution in [2.75, 3.05) is 0 Å². The number of benzene rings is 4. The molecule has 0 bridgehead atoms. The number of thiophene rings is 2. The normalized spacial score (nSPS) is 13.5. The Kier molecular flexibility index (Phi) is 3.09. The summed E-state index contributed by atoms with van der Waals surface area (Å²) in [7, 11) is 0. The van der Waals surface area contributed by atoms with Gasteiger partial charge in [0, 0.05) is 62.6 Å². The Hall–Kier alpha value is -3.34. The van der Waals surface area contributed by atoms with E-state index in [2.05, 4.69) is 24.3 Å². The van der Waals surface area contributed by atoms with Crippen molar-refractivity contribution in [3.05, 3.63) is 95.1 Å². The van der Waals surface area contributed by atoms with Gasteiger partial charge in [-0.1, -0.05) is 36.4 Å². The highest BCUT2D eigenvalue weighted by Gasteiger charge is 2.31. The molecule has 0 aliphatic heterocycles. The van der Waals surface area contributed by atoms with Crippen LogP contribution in [0.5, 0.6) is 0 Å². The van der Waals surface area contributed by atoms with Crippen LogP contribution in [-0.2, 0) is 0 Å². The fourth-order valence-corrected chi connectivity index (χ4v) is 6.84. The van der Waals surface area contributed by atoms with Crippen molar-refractivity contribution in [2.45, 2.75) is 0 Å². The molecule has 30 heavy (non-hydrogen) atoms. The molecular weight excluding hydrogens is 408 g/mol. The molecule has 2 nitrogen and oxygen atoms in total. The molecule has 0 saturated carbocycles. The Labute approximate surface area is 179 Å². The van der Waals surface area contributed by atoms with Crippen LogP contribution in [-0.4, -0.2) is 11.6 Å². The Bertz CT molecular complexity index is 1600. The number of hydrogen-bond donors (Lipinski definition) is 0. The molecule has 2 heterocycles. The molecule has 0 spiro atoms. The van der Waals surface area contributed by atoms with Gasteiger partial charge in [0.05, 0.1) is 0 Å². The summed E-state index contributed by atoms with van der Waals surface area (Å²) in [5.41, 5.74) is 2.07. The fraction of sp³-hybridized carbons (Fsp3) is 0. The average molecular weight is 421 g/mol. The quantitative estimate of drug-likeness (QED) is 0.260. The summed E-state index contributed by atoms with van der Waals surface area (Å²) in [4.78, 5) is 26.9. The summed E-state index contributed by atoms with van der Waals surface area (Å²) in [5.74, 6) is -0.118. The van der Waals surface area contributed by atoms with Crippen molar-refractivity contribution in [1.82, 2.24) is 0 Å². The first-order valence-corrected chi connectivity index (χ1v) is 11.3. The van der Waals surface area contributed by atoms with Crippen molar-refractivity contribution in [1.29, 1.82) is 0 Å². The van der Waals surface area contributed by atoms with Crippen LogP contribution in [0, 0.1) is 0 Å². The molecule has 6 aromatic rings. The minimum atomic E-state index is -0.0591. The number of ketones is 2. The molecule has 0 amide bonds. The number of carbonyl (C=O) groups is 2. The zero-order valence-corrected chi connectivity index (χ0v) is 17.2. The van der Waals surface area contributed by atoms with Gasteiger partial charge in [0.25, 0.3) is 0 Å². The van der Waals surface area contributed by atoms with Crippen LogP contribution in [0.3, 0.4) is 0 Å². The van der Waals surface area contributed by atoms with E-state index in [0.29, 0.717) is 22.3 Å². The van der Waals surface area contributed by atoms with E-state index in [-0.39, 0.29) is 11.6 Å². The second kappa shape index (κ2) is 5.63. The van der Waals surface area contributed by atoms with Gasteiger partial charge in [0.15, 0.2) is 11.6 Å². The van der Waals surface area contributed by atoms with Gasteiger partial charge < -0.3 is 0 Å². The lowest BCUT2D eigenvalue weighted by Gasteiger charge is -2.18. The zero-order chi connectivity index (χ0) is 20.0. The first-order chi connectivity index (χ1) is 14.7. The first-order valence-electron chi connectivity index (χ1n) is 9.69. The Morgan fingerprint density at radius 3 is 1.30 bits per heavy atom. The van der Waals surface area contributed by atoms with Gasteiger partial charge in [-0.25, -0.2) is 0 Å². The minimum Gasteiger partial charge on any atom is -0.289 e. The highest BCUT2D eigenvalue weighted by molar-refractivity contribution is 7.26. The van der Waals surface area contributed by atoms with E-state index < -0.39 is 0 Å². The van der Waals surface area contributed by atoms with E-state index >= 15 is 0 Å². The van der Waals surface area contributed by atoms with Gasteiger partial charge in [-0.3, -0.25) is 9.59 Å². The van der Waals surface area contributed by atoms with E-state index in [4.69, 9.17) is 0 Å². The van der Waals surface area contributed by atoms with Crippen LogP contribution < -0.4 is 0 Å². The maximum absolute atomic E-state index is 13.5. The number of hydrogen-bond acceptors (Lipinski definition) is 4. The zero-order valence-electron chi connectivity index (χ0n) is 15.6. The smallest absolute Gasteiger partial charge is 0.194 e. The van der Waals surface area contributed by atoms with E-state index in [9.17, 15) is 9.59 Å². The standard InChI is InChI=1S/C26H12O2S2/c27-25-17-9-15-13-5-1-3-7-21(13)29-23(15)11-19(17)26(28)18-10-16-14-6-2-4-8-22(14)30-24(16)12-20(18)25/h1-12H. The van der Waals surface area contributed by atoms with Crippen LogP contribution >= 0.6 is 22.7 Å². The fourth-order valence-electron chi connectivity index (χ4n) is 4.58. The third-order valence-corrected chi connectivity index (χ3v) is 8.28. The lowest BCUT2D eigenvalue weighted by atomic mass is 9.83. The predicted octanol–water partition coefficient (Wildman–Crippen LogP) is 7.20. The Morgan fingerprint density at radius 2 is 0.833 bits per heavy atom. The third kappa shape index (κ3) is 2.02. The first kappa shape index (κ1) is 16.5. The minimum absolute atomic E-state index is 0.0591. The SMILES string of the molecule is O=C1c2cc3sc4ccccc4c3cc2C(=O)c2cc3sc4ccccc4c3cc21. The van der Waals surface area contributed by atoms with Crippen LogP contribution in [0.25, 0.3) is 40.3 Å². The molecule has 4 heteroatoms. The Balaban J connectivity index is 1.54. The molecule has 140 valence electrons. The topological polar surface area (TPSA) is 34.1 Å². The molecule has 0 atom stereocenters. The molecule has 1 aliphatic carbocycles. The van der Waals surface area contributed by atoms with Gasteiger partial charge in [-0.15, -0.1) is 22.7 Å². The second-order valence-electron chi connectivity index (χ2n) is 7.64. The van der Waals surface area contributed by atoms with Crippen molar-refractivity contribution >= 4 is 74.6 Å². The van der Waals surface area contributed by atoms with E-state index in [1.165, 1.54) is 9.40 Å². The molecule has 4 aromatic carbocycles. The number of rotatable bonds is 0. The van der Waals surface area contributed by atoms with Crippen molar-refractivity contribution < 1.29 is 9.59 Å². The molecular formula is C26H12O2S2. The van der Waals surface area contributed by atoms with Crippen molar-refractivity contribution in [2.24, 2.45) is 0 Å². The van der Waals surface area contributed by atoms with Crippen LogP contribution in [0.2, 0.25) is 0 Å². The number of fused-ring (bicyclic) bond motifs is 8. The van der Waals surface area contributed by atoms with E-state index in [0.717, 1.165) is 30.9 Å². The molecule has 0 unspecified atom stereocenters. The summed E-state index contributed by atoms with van der Waals surface area (Å²) in [6.45, 7) is 0. The largest absolute Gasteiger partial charge is 0.289 e. The maximum atomic E-state index is 13.5. The van der Waals surface area contributed by atoms with Gasteiger partial charge >= 0.3 is 0 Å². The summed E-state index contributed by atoms with van der Waals surface area (Å²) >= 11 is 3.33. The van der Waals surface area contributed by atoms with Gasteiger partial charge in [-0.2, -0.15) is 0 Å². The highest BCUT2D eigenvalue weighted by Crippen LogP contribution is 2.41. The highest BCUT2D eigenvalue weighted by atomic mass is 32.1. The average Bonchev–Trinajstić information content (AvgIpc) is 3.32. The maximum Gasteiger partial charge on any atom is 0.194 e. The van der Waals surface area contributed by atoms with Gasteiger partial charge in [0.1, 0.15) is 0 Å². The summed E-state index contributed by atoms with van der Waals surface area (Å²) in [6.07, 6.45) is 0. The third-order valence-electron chi connectivity index (χ3n) is 6.01. The summed E-state index contributed by atoms with van der Waals surface area (Å²) in [6, 6.07) is 24.0. The second-order valence-corrected chi connectivity index (χ2v) is 9.81. The monoisotopic (exact) mass is 420 g/mol. The van der Waals surface area contributed by atoms with Gasteiger partial charge in [0.2, 0.25) is 0 Å². The van der Waals surface area contributed by atoms with Crippen LogP contribution in [0.1, 0.15) is 31.8 Å². The predicted molar refractivity (Wildman–Crippen MR) is 126 cm³/mol. The molecule has 0 radical (unpaired) electrons. The molecule has 0 fully saturated rings. The van der Waals surface area contributed by atoms with Gasteiger partial charge in [-0.05, 0) is 36.4 Å². The summed E-state index contributed by atoms with van der Waals surface area (Å²) in [5, 5.41) is 4.35. The van der Waals surface area contributed by atoms with Crippen LogP contribution in [0.15, 0.2) is 72.8 Å². The van der Waals surface area contributed by atoms with Crippen molar-refractivity contribution in [3.8, 4) is 0 Å². The molecule has 0 saturated heterocycles. The van der Waals surface area contributed by atoms with Crippen molar-refractivity contribution in [3.63, 3.8) is 0 Å². The van der Waals surface area contributed by atoms with E-state index in [1.54, 1.807) is 22.7 Å². The molecule has 0 N–H and O–H groups in total. The lowest BCUT2D eigenvalue weighted by Crippen LogP contribution is -2.20.